The van der Waals surface area contributed by atoms with E-state index in [0.717, 1.165) is 26.2 Å². The van der Waals surface area contributed by atoms with Crippen LogP contribution in [0.1, 0.15) is 27.7 Å². The zero-order valence-corrected chi connectivity index (χ0v) is 14.4. The maximum Gasteiger partial charge on any atom is 0.0685 e. The van der Waals surface area contributed by atoms with E-state index < -0.39 is 0 Å². The Morgan fingerprint density at radius 3 is 2.19 bits per heavy atom. The van der Waals surface area contributed by atoms with Gasteiger partial charge in [0.15, 0.2) is 0 Å². The van der Waals surface area contributed by atoms with Gasteiger partial charge in [-0.2, -0.15) is 0 Å². The first kappa shape index (κ1) is 17.5. The zero-order valence-electron chi connectivity index (χ0n) is 14.4. The molecule has 1 saturated heterocycles. The fourth-order valence-electron chi connectivity index (χ4n) is 2.51. The average molecular weight is 290 g/mol. The number of piperazine rings is 1. The standard InChI is InChI=1S/C13H18N4.2C2H6/c1-15-5-7-17(8-6-15)13-10-16(2)12-9-14-4-3-11(12)13;2*1-2/h3-4,9-10H,5-8H2,1-2H3;2*1-2H3. The van der Waals surface area contributed by atoms with Crippen LogP contribution < -0.4 is 4.90 Å². The summed E-state index contributed by atoms with van der Waals surface area (Å²) in [7, 11) is 4.27. The molecule has 0 N–H and O–H groups in total. The van der Waals surface area contributed by atoms with Crippen molar-refractivity contribution < 1.29 is 0 Å². The van der Waals surface area contributed by atoms with E-state index in [9.17, 15) is 0 Å². The van der Waals surface area contributed by atoms with Gasteiger partial charge in [0, 0.05) is 51.0 Å². The van der Waals surface area contributed by atoms with E-state index in [0.29, 0.717) is 0 Å². The fourth-order valence-corrected chi connectivity index (χ4v) is 2.51. The van der Waals surface area contributed by atoms with Crippen LogP contribution in [-0.4, -0.2) is 47.7 Å². The highest BCUT2D eigenvalue weighted by Crippen LogP contribution is 2.28. The largest absolute Gasteiger partial charge is 0.367 e. The van der Waals surface area contributed by atoms with Crippen LogP contribution in [0.4, 0.5) is 5.69 Å². The summed E-state index contributed by atoms with van der Waals surface area (Å²) in [6.45, 7) is 12.5. The first-order valence-corrected chi connectivity index (χ1v) is 8.08. The molecule has 2 aromatic rings. The first-order chi connectivity index (χ1) is 10.3. The molecule has 1 aliphatic heterocycles. The molecule has 0 unspecified atom stereocenters. The molecular formula is C17H30N4. The fraction of sp³-hybridized carbons (Fsp3) is 0.588. The second-order valence-corrected chi connectivity index (χ2v) is 4.81. The molecule has 1 fully saturated rings. The van der Waals surface area contributed by atoms with Crippen molar-refractivity contribution in [1.29, 1.82) is 0 Å². The summed E-state index contributed by atoms with van der Waals surface area (Å²) >= 11 is 0. The summed E-state index contributed by atoms with van der Waals surface area (Å²) in [5.74, 6) is 0. The molecule has 0 spiro atoms. The minimum atomic E-state index is 1.11. The molecule has 0 saturated carbocycles. The Kier molecular flexibility index (Phi) is 7.23. The van der Waals surface area contributed by atoms with Crippen molar-refractivity contribution in [3.8, 4) is 0 Å². The van der Waals surface area contributed by atoms with Crippen molar-refractivity contribution in [1.82, 2.24) is 14.5 Å². The zero-order chi connectivity index (χ0) is 15.8. The van der Waals surface area contributed by atoms with E-state index in [-0.39, 0.29) is 0 Å². The molecule has 0 aliphatic carbocycles. The van der Waals surface area contributed by atoms with Crippen LogP contribution in [0.25, 0.3) is 10.9 Å². The lowest BCUT2D eigenvalue weighted by molar-refractivity contribution is 0.313. The van der Waals surface area contributed by atoms with E-state index >= 15 is 0 Å². The molecule has 4 heteroatoms. The lowest BCUT2D eigenvalue weighted by Gasteiger charge is -2.33. The summed E-state index contributed by atoms with van der Waals surface area (Å²) in [6, 6.07) is 2.11. The van der Waals surface area contributed by atoms with Gasteiger partial charge in [0.1, 0.15) is 0 Å². The van der Waals surface area contributed by atoms with Crippen LogP contribution in [0, 0.1) is 0 Å². The van der Waals surface area contributed by atoms with E-state index in [2.05, 4.69) is 45.7 Å². The number of fused-ring (bicyclic) bond motifs is 1. The van der Waals surface area contributed by atoms with Gasteiger partial charge in [-0.15, -0.1) is 0 Å². The average Bonchev–Trinajstić information content (AvgIpc) is 2.90. The quantitative estimate of drug-likeness (QED) is 0.805. The number of hydrogen-bond acceptors (Lipinski definition) is 3. The summed E-state index contributed by atoms with van der Waals surface area (Å²) in [4.78, 5) is 9.05. The molecule has 3 heterocycles. The smallest absolute Gasteiger partial charge is 0.0685 e. The number of aromatic nitrogens is 2. The number of rotatable bonds is 1. The van der Waals surface area contributed by atoms with Gasteiger partial charge in [-0.1, -0.05) is 27.7 Å². The van der Waals surface area contributed by atoms with Crippen LogP contribution in [-0.2, 0) is 7.05 Å². The lowest BCUT2D eigenvalue weighted by Crippen LogP contribution is -2.44. The van der Waals surface area contributed by atoms with Crippen LogP contribution >= 0.6 is 0 Å². The third-order valence-electron chi connectivity index (χ3n) is 3.62. The van der Waals surface area contributed by atoms with Crippen molar-refractivity contribution >= 4 is 16.6 Å². The second kappa shape index (κ2) is 8.67. The maximum atomic E-state index is 4.20. The number of aryl methyl sites for hydroxylation is 1. The molecule has 0 atom stereocenters. The summed E-state index contributed by atoms with van der Waals surface area (Å²) < 4.78 is 2.16. The number of nitrogens with zero attached hydrogens (tertiary/aromatic N) is 4. The second-order valence-electron chi connectivity index (χ2n) is 4.81. The van der Waals surface area contributed by atoms with E-state index in [4.69, 9.17) is 0 Å². The molecule has 0 aromatic carbocycles. The molecule has 0 bridgehead atoms. The summed E-state index contributed by atoms with van der Waals surface area (Å²) in [5.41, 5.74) is 2.56. The Labute approximate surface area is 129 Å². The predicted molar refractivity (Wildman–Crippen MR) is 93.1 cm³/mol. The summed E-state index contributed by atoms with van der Waals surface area (Å²) in [6.07, 6.45) is 6.04. The Bertz CT molecular complexity index is 525. The third-order valence-corrected chi connectivity index (χ3v) is 3.62. The normalized spacial score (nSPS) is 15.0. The van der Waals surface area contributed by atoms with Crippen molar-refractivity contribution in [3.63, 3.8) is 0 Å². The molecule has 118 valence electrons. The highest BCUT2D eigenvalue weighted by Gasteiger charge is 2.17. The van der Waals surface area contributed by atoms with Crippen LogP contribution in [0.15, 0.2) is 24.7 Å². The van der Waals surface area contributed by atoms with Gasteiger partial charge in [0.2, 0.25) is 0 Å². The number of hydrogen-bond donors (Lipinski definition) is 0. The molecule has 2 aromatic heterocycles. The van der Waals surface area contributed by atoms with Gasteiger partial charge < -0.3 is 14.4 Å². The number of likely N-dealkylation sites (N-methyl/N-ethyl adjacent to an activating group) is 1. The molecule has 21 heavy (non-hydrogen) atoms. The molecule has 4 nitrogen and oxygen atoms in total. The van der Waals surface area contributed by atoms with Gasteiger partial charge in [-0.25, -0.2) is 0 Å². The van der Waals surface area contributed by atoms with E-state index in [1.165, 1.54) is 16.6 Å². The van der Waals surface area contributed by atoms with Crippen molar-refractivity contribution in [2.75, 3.05) is 38.1 Å². The molecular weight excluding hydrogens is 260 g/mol. The predicted octanol–water partition coefficient (Wildman–Crippen LogP) is 3.38. The maximum absolute atomic E-state index is 4.20. The highest BCUT2D eigenvalue weighted by molar-refractivity contribution is 5.92. The van der Waals surface area contributed by atoms with Crippen LogP contribution in [0.3, 0.4) is 0 Å². The molecule has 3 rings (SSSR count). The number of anilines is 1. The van der Waals surface area contributed by atoms with Gasteiger partial charge in [0.25, 0.3) is 0 Å². The Balaban J connectivity index is 0.000000510. The van der Waals surface area contributed by atoms with Gasteiger partial charge in [0.05, 0.1) is 17.4 Å². The van der Waals surface area contributed by atoms with Crippen molar-refractivity contribution in [3.05, 3.63) is 24.7 Å². The minimum absolute atomic E-state index is 1.11. The molecule has 0 amide bonds. The van der Waals surface area contributed by atoms with E-state index in [1.807, 2.05) is 40.1 Å². The molecule has 0 radical (unpaired) electrons. The van der Waals surface area contributed by atoms with Gasteiger partial charge in [-0.3, -0.25) is 4.98 Å². The van der Waals surface area contributed by atoms with Gasteiger partial charge >= 0.3 is 0 Å². The van der Waals surface area contributed by atoms with Crippen molar-refractivity contribution in [2.24, 2.45) is 7.05 Å². The Hall–Kier alpha value is -1.55. The highest BCUT2D eigenvalue weighted by atomic mass is 15.3. The van der Waals surface area contributed by atoms with Gasteiger partial charge in [-0.05, 0) is 13.1 Å². The Morgan fingerprint density at radius 2 is 1.57 bits per heavy atom. The topological polar surface area (TPSA) is 24.3 Å². The summed E-state index contributed by atoms with van der Waals surface area (Å²) in [5, 5.41) is 1.31. The minimum Gasteiger partial charge on any atom is -0.367 e. The van der Waals surface area contributed by atoms with Crippen molar-refractivity contribution in [2.45, 2.75) is 27.7 Å². The Morgan fingerprint density at radius 1 is 0.952 bits per heavy atom. The molecule has 1 aliphatic rings. The third kappa shape index (κ3) is 3.97. The lowest BCUT2D eigenvalue weighted by atomic mass is 10.2. The first-order valence-electron chi connectivity index (χ1n) is 8.08. The van der Waals surface area contributed by atoms with E-state index in [1.54, 1.807) is 0 Å². The van der Waals surface area contributed by atoms with Crippen LogP contribution in [0.2, 0.25) is 0 Å². The number of pyridine rings is 1. The monoisotopic (exact) mass is 290 g/mol. The van der Waals surface area contributed by atoms with Crippen LogP contribution in [0.5, 0.6) is 0 Å². The SMILES string of the molecule is CC.CC.CN1CCN(c2cn(C)c3cnccc23)CC1.